The summed E-state index contributed by atoms with van der Waals surface area (Å²) < 4.78 is 4.66. The molecule has 0 aliphatic heterocycles. The summed E-state index contributed by atoms with van der Waals surface area (Å²) in [6.45, 7) is 5.75. The number of hydrogen-bond acceptors (Lipinski definition) is 5. The Morgan fingerprint density at radius 3 is 2.58 bits per heavy atom. The van der Waals surface area contributed by atoms with Gasteiger partial charge in [-0.2, -0.15) is 0 Å². The fourth-order valence-corrected chi connectivity index (χ4v) is 1.77. The molecular weight excluding hydrogens is 248 g/mol. The summed E-state index contributed by atoms with van der Waals surface area (Å²) >= 11 is 0. The number of rotatable bonds is 5. The van der Waals surface area contributed by atoms with Crippen molar-refractivity contribution in [1.82, 2.24) is 0 Å². The van der Waals surface area contributed by atoms with Crippen LogP contribution in [0.4, 0.5) is 11.4 Å². The first-order valence-corrected chi connectivity index (χ1v) is 5.95. The molecule has 0 heterocycles. The molecule has 0 fully saturated rings. The summed E-state index contributed by atoms with van der Waals surface area (Å²) in [5.74, 6) is -0.375. The van der Waals surface area contributed by atoms with Gasteiger partial charge in [0, 0.05) is 23.9 Å². The molecule has 0 aliphatic rings. The number of benzene rings is 1. The Balaban J connectivity index is 3.17. The molecule has 19 heavy (non-hydrogen) atoms. The summed E-state index contributed by atoms with van der Waals surface area (Å²) in [5.41, 5.74) is 1.56. The Kier molecular flexibility index (Phi) is 4.86. The molecule has 1 aromatic carbocycles. The Morgan fingerprint density at radius 2 is 2.11 bits per heavy atom. The lowest BCUT2D eigenvalue weighted by molar-refractivity contribution is -0.384. The molecule has 0 bridgehead atoms. The molecular formula is C13H18N2O4. The van der Waals surface area contributed by atoms with Gasteiger partial charge in [-0.3, -0.25) is 14.9 Å². The highest BCUT2D eigenvalue weighted by Gasteiger charge is 2.19. The zero-order chi connectivity index (χ0) is 14.6. The van der Waals surface area contributed by atoms with Gasteiger partial charge in [-0.1, -0.05) is 6.07 Å². The van der Waals surface area contributed by atoms with E-state index in [9.17, 15) is 14.9 Å². The molecule has 6 nitrogen and oxygen atoms in total. The van der Waals surface area contributed by atoms with E-state index >= 15 is 0 Å². The van der Waals surface area contributed by atoms with Gasteiger partial charge in [0.25, 0.3) is 5.69 Å². The first-order chi connectivity index (χ1) is 8.86. The zero-order valence-corrected chi connectivity index (χ0v) is 11.5. The molecule has 0 amide bonds. The fraction of sp³-hybridized carbons (Fsp3) is 0.462. The number of esters is 1. The highest BCUT2D eigenvalue weighted by atomic mass is 16.6. The van der Waals surface area contributed by atoms with E-state index in [4.69, 9.17) is 0 Å². The molecule has 104 valence electrons. The number of methoxy groups -OCH3 is 1. The van der Waals surface area contributed by atoms with Crippen LogP contribution >= 0.6 is 0 Å². The zero-order valence-electron chi connectivity index (χ0n) is 11.5. The van der Waals surface area contributed by atoms with Crippen molar-refractivity contribution in [3.8, 4) is 0 Å². The number of hydrogen-bond donors (Lipinski definition) is 0. The highest BCUT2D eigenvalue weighted by molar-refractivity contribution is 5.77. The number of nitro benzene ring substituents is 1. The summed E-state index contributed by atoms with van der Waals surface area (Å²) in [7, 11) is 1.32. The monoisotopic (exact) mass is 266 g/mol. The van der Waals surface area contributed by atoms with Crippen molar-refractivity contribution in [3.05, 3.63) is 33.9 Å². The lowest BCUT2D eigenvalue weighted by Gasteiger charge is -2.29. The Labute approximate surface area is 112 Å². The lowest BCUT2D eigenvalue weighted by atomic mass is 10.1. The third-order valence-corrected chi connectivity index (χ3v) is 2.86. The lowest BCUT2D eigenvalue weighted by Crippen LogP contribution is -2.36. The van der Waals surface area contributed by atoms with Crippen LogP contribution in [0, 0.1) is 17.0 Å². The number of anilines is 1. The first kappa shape index (κ1) is 14.9. The second-order valence-corrected chi connectivity index (χ2v) is 4.53. The van der Waals surface area contributed by atoms with Crippen LogP contribution in [0.25, 0.3) is 0 Å². The average Bonchev–Trinajstić information content (AvgIpc) is 2.35. The van der Waals surface area contributed by atoms with Crippen molar-refractivity contribution in [2.45, 2.75) is 26.8 Å². The van der Waals surface area contributed by atoms with E-state index in [1.54, 1.807) is 11.0 Å². The normalized spacial score (nSPS) is 10.4. The van der Waals surface area contributed by atoms with Crippen molar-refractivity contribution >= 4 is 17.3 Å². The molecule has 0 atom stereocenters. The number of aryl methyl sites for hydroxylation is 1. The Bertz CT molecular complexity index is 486. The largest absolute Gasteiger partial charge is 0.468 e. The third kappa shape index (κ3) is 3.67. The maximum atomic E-state index is 11.4. The fourth-order valence-electron chi connectivity index (χ4n) is 1.77. The van der Waals surface area contributed by atoms with Crippen molar-refractivity contribution < 1.29 is 14.5 Å². The SMILES string of the molecule is COC(=O)CN(c1cc([N+](=O)[O-])ccc1C)C(C)C. The summed E-state index contributed by atoms with van der Waals surface area (Å²) in [4.78, 5) is 23.6. The molecule has 1 rings (SSSR count). The van der Waals surface area contributed by atoms with Gasteiger partial charge in [0.2, 0.25) is 0 Å². The van der Waals surface area contributed by atoms with E-state index in [0.717, 1.165) is 5.56 Å². The minimum absolute atomic E-state index is 0.0103. The van der Waals surface area contributed by atoms with Crippen LogP contribution in [-0.4, -0.2) is 30.6 Å². The number of non-ortho nitro benzene ring substituents is 1. The standard InChI is InChI=1S/C13H18N2O4/c1-9(2)14(8-13(16)19-4)12-7-11(15(17)18)6-5-10(12)3/h5-7,9H,8H2,1-4H3. The van der Waals surface area contributed by atoms with Crippen LogP contribution in [0.1, 0.15) is 19.4 Å². The second kappa shape index (κ2) is 6.17. The Hall–Kier alpha value is -2.11. The number of ether oxygens (including phenoxy) is 1. The summed E-state index contributed by atoms with van der Waals surface area (Å²) in [6, 6.07) is 4.65. The number of nitro groups is 1. The molecule has 0 radical (unpaired) electrons. The topological polar surface area (TPSA) is 72.7 Å². The molecule has 0 saturated carbocycles. The number of nitrogens with zero attached hydrogens (tertiary/aromatic N) is 2. The van der Waals surface area contributed by atoms with Gasteiger partial charge >= 0.3 is 5.97 Å². The molecule has 0 aliphatic carbocycles. The van der Waals surface area contributed by atoms with E-state index < -0.39 is 4.92 Å². The predicted octanol–water partition coefficient (Wildman–Crippen LogP) is 2.29. The molecule has 0 saturated heterocycles. The molecule has 6 heteroatoms. The number of carbonyl (C=O) groups is 1. The average molecular weight is 266 g/mol. The third-order valence-electron chi connectivity index (χ3n) is 2.86. The summed E-state index contributed by atoms with van der Waals surface area (Å²) in [5, 5.41) is 10.8. The van der Waals surface area contributed by atoms with Crippen molar-refractivity contribution in [2.24, 2.45) is 0 Å². The van der Waals surface area contributed by atoms with E-state index in [-0.39, 0.29) is 24.2 Å². The van der Waals surface area contributed by atoms with Gasteiger partial charge in [0.05, 0.1) is 12.0 Å². The summed E-state index contributed by atoms with van der Waals surface area (Å²) in [6.07, 6.45) is 0. The van der Waals surface area contributed by atoms with Crippen LogP contribution in [0.5, 0.6) is 0 Å². The van der Waals surface area contributed by atoms with Crippen molar-refractivity contribution in [1.29, 1.82) is 0 Å². The predicted molar refractivity (Wildman–Crippen MR) is 72.3 cm³/mol. The molecule has 0 aromatic heterocycles. The smallest absolute Gasteiger partial charge is 0.325 e. The maximum absolute atomic E-state index is 11.4. The minimum Gasteiger partial charge on any atom is -0.468 e. The van der Waals surface area contributed by atoms with E-state index in [0.29, 0.717) is 5.69 Å². The highest BCUT2D eigenvalue weighted by Crippen LogP contribution is 2.27. The van der Waals surface area contributed by atoms with Crippen LogP contribution < -0.4 is 4.90 Å². The van der Waals surface area contributed by atoms with Crippen LogP contribution in [0.15, 0.2) is 18.2 Å². The van der Waals surface area contributed by atoms with Gasteiger partial charge in [-0.25, -0.2) is 0 Å². The Morgan fingerprint density at radius 1 is 1.47 bits per heavy atom. The van der Waals surface area contributed by atoms with Crippen LogP contribution in [0.3, 0.4) is 0 Å². The molecule has 0 N–H and O–H groups in total. The van der Waals surface area contributed by atoms with Gasteiger partial charge in [0.1, 0.15) is 6.54 Å². The second-order valence-electron chi connectivity index (χ2n) is 4.53. The number of carbonyl (C=O) groups excluding carboxylic acids is 1. The first-order valence-electron chi connectivity index (χ1n) is 5.95. The van der Waals surface area contributed by atoms with Crippen LogP contribution in [-0.2, 0) is 9.53 Å². The van der Waals surface area contributed by atoms with Gasteiger partial charge in [-0.05, 0) is 26.3 Å². The van der Waals surface area contributed by atoms with Gasteiger partial charge < -0.3 is 9.64 Å². The van der Waals surface area contributed by atoms with Crippen molar-refractivity contribution in [2.75, 3.05) is 18.6 Å². The van der Waals surface area contributed by atoms with E-state index in [1.165, 1.54) is 19.2 Å². The molecule has 0 unspecified atom stereocenters. The van der Waals surface area contributed by atoms with E-state index in [2.05, 4.69) is 4.74 Å². The van der Waals surface area contributed by atoms with Gasteiger partial charge in [0.15, 0.2) is 0 Å². The maximum Gasteiger partial charge on any atom is 0.325 e. The van der Waals surface area contributed by atoms with Crippen molar-refractivity contribution in [3.63, 3.8) is 0 Å². The molecule has 0 spiro atoms. The van der Waals surface area contributed by atoms with Crippen LogP contribution in [0.2, 0.25) is 0 Å². The molecule has 1 aromatic rings. The van der Waals surface area contributed by atoms with E-state index in [1.807, 2.05) is 20.8 Å². The minimum atomic E-state index is -0.445. The quantitative estimate of drug-likeness (QED) is 0.464. The van der Waals surface area contributed by atoms with Gasteiger partial charge in [-0.15, -0.1) is 0 Å².